The highest BCUT2D eigenvalue weighted by atomic mass is 32.1. The van der Waals surface area contributed by atoms with Crippen LogP contribution in [0.5, 0.6) is 0 Å². The third-order valence-corrected chi connectivity index (χ3v) is 5.20. The predicted octanol–water partition coefficient (Wildman–Crippen LogP) is 3.15. The average Bonchev–Trinajstić information content (AvgIpc) is 2.85. The van der Waals surface area contributed by atoms with E-state index in [1.807, 2.05) is 11.7 Å². The molecule has 1 aromatic rings. The van der Waals surface area contributed by atoms with Gasteiger partial charge in [0.05, 0.1) is 5.54 Å². The molecule has 4 nitrogen and oxygen atoms in total. The van der Waals surface area contributed by atoms with Gasteiger partial charge in [-0.15, -0.1) is 0 Å². The van der Waals surface area contributed by atoms with Gasteiger partial charge < -0.3 is 9.62 Å². The molecule has 0 atom stereocenters. The summed E-state index contributed by atoms with van der Waals surface area (Å²) < 4.78 is 4.85. The zero-order chi connectivity index (χ0) is 15.5. The van der Waals surface area contributed by atoms with Crippen molar-refractivity contribution in [1.29, 1.82) is 0 Å². The second-order valence-corrected chi connectivity index (χ2v) is 9.79. The predicted molar refractivity (Wildman–Crippen MR) is 89.4 cm³/mol. The van der Waals surface area contributed by atoms with Gasteiger partial charge in [-0.25, -0.2) is 8.05 Å². The first-order chi connectivity index (χ1) is 8.83. The van der Waals surface area contributed by atoms with Gasteiger partial charge in [0.15, 0.2) is 0 Å². The van der Waals surface area contributed by atoms with Gasteiger partial charge in [0.1, 0.15) is 0 Å². The van der Waals surface area contributed by atoms with E-state index >= 15 is 0 Å². The Morgan fingerprint density at radius 2 is 1.10 bits per heavy atom. The van der Waals surface area contributed by atoms with Crippen molar-refractivity contribution in [1.82, 2.24) is 17.7 Å². The molecule has 2 rings (SSSR count). The van der Waals surface area contributed by atoms with Gasteiger partial charge in [0.2, 0.25) is 0 Å². The topological polar surface area (TPSA) is 16.3 Å². The fourth-order valence-electron chi connectivity index (χ4n) is 2.83. The molecule has 20 heavy (non-hydrogen) atoms. The standard InChI is InChI=1S/C14H31BN4S/c1-12(2,3)16-10-11-17(13(4,5)6)15(16)19-18(20-19)14(7,8)9/h10-11H2,1-9H3. The second kappa shape index (κ2) is 4.65. The molecule has 116 valence electrons. The first-order valence-electron chi connectivity index (χ1n) is 7.64. The van der Waals surface area contributed by atoms with Crippen molar-refractivity contribution in [3.8, 4) is 0 Å². The Hall–Kier alpha value is -0.195. The Bertz CT molecular complexity index is 430. The average molecular weight is 298 g/mol. The molecule has 0 unspecified atom stereocenters. The van der Waals surface area contributed by atoms with Crippen molar-refractivity contribution >= 4 is 18.8 Å². The van der Waals surface area contributed by atoms with Gasteiger partial charge >= 0.3 is 7.12 Å². The number of hydrogen-bond acceptors (Lipinski definition) is 3. The Labute approximate surface area is 129 Å². The lowest BCUT2D eigenvalue weighted by atomic mass is 9.81. The molecule has 2 heterocycles. The molecule has 0 radical (unpaired) electrons. The van der Waals surface area contributed by atoms with Crippen LogP contribution in [0.2, 0.25) is 0 Å². The summed E-state index contributed by atoms with van der Waals surface area (Å²) in [6, 6.07) is 0. The molecule has 1 saturated heterocycles. The molecule has 1 aliphatic rings. The van der Waals surface area contributed by atoms with Crippen LogP contribution >= 0.6 is 11.7 Å². The molecular formula is C14H31BN4S. The molecule has 0 N–H and O–H groups in total. The number of rotatable bonds is 1. The van der Waals surface area contributed by atoms with E-state index in [2.05, 4.69) is 80.0 Å². The minimum Gasteiger partial charge on any atom is -0.301 e. The van der Waals surface area contributed by atoms with Gasteiger partial charge in [0.25, 0.3) is 0 Å². The van der Waals surface area contributed by atoms with E-state index in [9.17, 15) is 0 Å². The first kappa shape index (κ1) is 16.2. The zero-order valence-corrected chi connectivity index (χ0v) is 15.5. The molecule has 0 bridgehead atoms. The Kier molecular flexibility index (Phi) is 3.76. The summed E-state index contributed by atoms with van der Waals surface area (Å²) in [6.45, 7) is 23.0. The van der Waals surface area contributed by atoms with Crippen molar-refractivity contribution < 1.29 is 0 Å². The lowest BCUT2D eigenvalue weighted by molar-refractivity contribution is 0.255. The first-order valence-corrected chi connectivity index (χ1v) is 8.37. The molecule has 6 heteroatoms. The second-order valence-electron chi connectivity index (χ2n) is 8.90. The summed E-state index contributed by atoms with van der Waals surface area (Å²) in [6.07, 6.45) is 0. The molecule has 0 saturated carbocycles. The fourth-order valence-corrected chi connectivity index (χ4v) is 3.85. The molecule has 0 aliphatic carbocycles. The summed E-state index contributed by atoms with van der Waals surface area (Å²) in [5.74, 6) is 0. The fraction of sp³-hybridized carbons (Fsp3) is 1.00. The van der Waals surface area contributed by atoms with Crippen LogP contribution < -0.4 is 0 Å². The minimum atomic E-state index is 0.181. The molecule has 1 aliphatic heterocycles. The van der Waals surface area contributed by atoms with Crippen LogP contribution in [0.4, 0.5) is 0 Å². The molecule has 0 amide bonds. The summed E-state index contributed by atoms with van der Waals surface area (Å²) >= 11 is 1.86. The van der Waals surface area contributed by atoms with E-state index in [4.69, 9.17) is 0 Å². The van der Waals surface area contributed by atoms with Crippen molar-refractivity contribution in [3.05, 3.63) is 0 Å². The summed E-state index contributed by atoms with van der Waals surface area (Å²) in [4.78, 5) is 5.24. The zero-order valence-electron chi connectivity index (χ0n) is 14.7. The minimum absolute atomic E-state index is 0.181. The summed E-state index contributed by atoms with van der Waals surface area (Å²) in [7, 11) is 0.360. The van der Waals surface area contributed by atoms with E-state index in [-0.39, 0.29) is 16.6 Å². The smallest absolute Gasteiger partial charge is 0.301 e. The van der Waals surface area contributed by atoms with Crippen molar-refractivity contribution in [2.75, 3.05) is 13.1 Å². The number of hydrogen-bond donors (Lipinski definition) is 0. The Morgan fingerprint density at radius 1 is 0.700 bits per heavy atom. The van der Waals surface area contributed by atoms with E-state index < -0.39 is 0 Å². The van der Waals surface area contributed by atoms with E-state index in [0.29, 0.717) is 7.12 Å². The van der Waals surface area contributed by atoms with Crippen molar-refractivity contribution in [2.24, 2.45) is 0 Å². The number of aromatic nitrogens is 2. The summed E-state index contributed by atoms with van der Waals surface area (Å²) in [5, 5.41) is 0. The highest BCUT2D eigenvalue weighted by Crippen LogP contribution is 2.33. The quantitative estimate of drug-likeness (QED) is 0.741. The Morgan fingerprint density at radius 3 is 1.35 bits per heavy atom. The van der Waals surface area contributed by atoms with E-state index in [0.717, 1.165) is 13.1 Å². The van der Waals surface area contributed by atoms with Gasteiger partial charge in [0, 0.05) is 35.9 Å². The van der Waals surface area contributed by atoms with Crippen LogP contribution in [-0.4, -0.2) is 49.0 Å². The van der Waals surface area contributed by atoms with Gasteiger partial charge in [-0.05, 0) is 62.3 Å². The third-order valence-electron chi connectivity index (χ3n) is 3.95. The van der Waals surface area contributed by atoms with Crippen LogP contribution in [0.3, 0.4) is 0 Å². The maximum atomic E-state index is 2.62. The molecule has 0 spiro atoms. The highest BCUT2D eigenvalue weighted by Gasteiger charge is 2.51. The van der Waals surface area contributed by atoms with Crippen LogP contribution in [0.15, 0.2) is 0 Å². The van der Waals surface area contributed by atoms with Crippen LogP contribution in [0.1, 0.15) is 62.3 Å². The van der Waals surface area contributed by atoms with Crippen molar-refractivity contribution in [2.45, 2.75) is 78.9 Å². The lowest BCUT2D eigenvalue weighted by Crippen LogP contribution is -2.59. The molecular weight excluding hydrogens is 267 g/mol. The van der Waals surface area contributed by atoms with Crippen molar-refractivity contribution in [3.63, 3.8) is 0 Å². The van der Waals surface area contributed by atoms with Crippen LogP contribution in [-0.2, 0) is 5.54 Å². The highest BCUT2D eigenvalue weighted by molar-refractivity contribution is 7.09. The molecule has 1 fully saturated rings. The normalized spacial score (nSPS) is 20.4. The van der Waals surface area contributed by atoms with Gasteiger partial charge in [-0.1, -0.05) is 0 Å². The van der Waals surface area contributed by atoms with Gasteiger partial charge in [-0.2, -0.15) is 0 Å². The monoisotopic (exact) mass is 298 g/mol. The third kappa shape index (κ3) is 3.02. The largest absolute Gasteiger partial charge is 0.471 e. The number of nitrogens with zero attached hydrogens (tertiary/aromatic N) is 4. The summed E-state index contributed by atoms with van der Waals surface area (Å²) in [5.41, 5.74) is 0.565. The Balaban J connectivity index is 2.33. The van der Waals surface area contributed by atoms with E-state index in [1.165, 1.54) is 0 Å². The SMILES string of the molecule is CC(C)(C)N1CCN(C(C)(C)C)B1n1sn1C(C)(C)C. The molecule has 1 aromatic heterocycles. The van der Waals surface area contributed by atoms with E-state index in [1.54, 1.807) is 0 Å². The van der Waals surface area contributed by atoms with Crippen LogP contribution in [0, 0.1) is 0 Å². The maximum absolute atomic E-state index is 2.62. The molecule has 0 aromatic carbocycles. The van der Waals surface area contributed by atoms with Gasteiger partial charge in [-0.3, -0.25) is 0 Å². The lowest BCUT2D eigenvalue weighted by Gasteiger charge is -2.39. The maximum Gasteiger partial charge on any atom is 0.471 e. The van der Waals surface area contributed by atoms with Crippen LogP contribution in [0.25, 0.3) is 0 Å².